The van der Waals surface area contributed by atoms with E-state index >= 15 is 14.0 Å². The molecule has 0 aromatic heterocycles. The second kappa shape index (κ2) is 9.39. The highest BCUT2D eigenvalue weighted by Gasteiger charge is 2.93. The number of aliphatic hydroxyl groups is 1. The number of fused-ring (bicyclic) bond motifs is 11. The summed E-state index contributed by atoms with van der Waals surface area (Å²) in [4.78, 5) is 73.6. The second-order valence-electron chi connectivity index (χ2n) is 15.6. The Morgan fingerprint density at radius 3 is 2.17 bits per heavy atom. The third-order valence-corrected chi connectivity index (χ3v) is 21.0. The molecule has 10 atom stereocenters. The summed E-state index contributed by atoms with van der Waals surface area (Å²) in [6.07, 6.45) is -2.95. The highest BCUT2D eigenvalue weighted by molar-refractivity contribution is 8.78. The van der Waals surface area contributed by atoms with Crippen molar-refractivity contribution >= 4 is 78.5 Å². The van der Waals surface area contributed by atoms with Crippen molar-refractivity contribution < 1.29 is 38.2 Å². The Kier molecular flexibility index (Phi) is 5.83. The van der Waals surface area contributed by atoms with Crippen molar-refractivity contribution in [3.63, 3.8) is 0 Å². The SMILES string of the molecule is CN1C(=O)[C@]23SS[C@@]1(C)C(=O)N2[C@H]1Cc2ccccc2[C@@]1([C@@]12c4cc(F)ccc4N[C@@H]1N1C(=O)[C@]4(C)SS[C@]1(C(=O)N4C)[C@H]2OC(=O)C1CC1)[C@@H]3O. The Balaban J connectivity index is 1.31. The summed E-state index contributed by atoms with van der Waals surface area (Å²) in [7, 11) is 7.82. The lowest BCUT2D eigenvalue weighted by molar-refractivity contribution is -0.173. The number of halogens is 1. The first-order valence-electron chi connectivity index (χ1n) is 17.2. The summed E-state index contributed by atoms with van der Waals surface area (Å²) in [5.74, 6) is -3.29. The molecule has 8 saturated heterocycles. The van der Waals surface area contributed by atoms with Crippen molar-refractivity contribution in [2.45, 2.75) is 87.8 Å². The highest BCUT2D eigenvalue weighted by Crippen LogP contribution is 2.79. The number of aliphatic hydroxyl groups excluding tert-OH is 1. The maximum Gasteiger partial charge on any atom is 0.309 e. The number of rotatable bonds is 3. The Bertz CT molecular complexity index is 2160. The molecule has 9 aliphatic heterocycles. The second-order valence-corrected chi connectivity index (χ2v) is 21.1. The number of esters is 1. The molecule has 11 aliphatic rings. The predicted molar refractivity (Wildman–Crippen MR) is 192 cm³/mol. The van der Waals surface area contributed by atoms with Crippen LogP contribution in [0.3, 0.4) is 0 Å². The topological polar surface area (TPSA) is 140 Å². The third kappa shape index (κ3) is 2.95. The van der Waals surface area contributed by atoms with E-state index in [4.69, 9.17) is 4.74 Å². The third-order valence-electron chi connectivity index (χ3n) is 13.6. The molecule has 1 saturated carbocycles. The quantitative estimate of drug-likeness (QED) is 0.350. The number of ether oxygens (including phenoxy) is 1. The van der Waals surface area contributed by atoms with E-state index in [1.807, 2.05) is 24.3 Å². The molecule has 13 rings (SSSR count). The van der Waals surface area contributed by atoms with Crippen LogP contribution in [0.25, 0.3) is 0 Å². The van der Waals surface area contributed by atoms with Crippen molar-refractivity contribution in [1.82, 2.24) is 19.6 Å². The van der Waals surface area contributed by atoms with Crippen LogP contribution < -0.4 is 5.32 Å². The molecule has 2 aromatic carbocycles. The molecule has 2 aliphatic carbocycles. The fourth-order valence-electron chi connectivity index (χ4n) is 10.9. The van der Waals surface area contributed by atoms with Crippen LogP contribution in [0.5, 0.6) is 0 Å². The Hall–Kier alpha value is -3.12. The molecule has 9 fully saturated rings. The monoisotopic (exact) mass is 781 g/mol. The van der Waals surface area contributed by atoms with E-state index in [1.54, 1.807) is 38.9 Å². The highest BCUT2D eigenvalue weighted by atomic mass is 33.1. The molecule has 17 heteroatoms. The first kappa shape index (κ1) is 32.3. The summed E-state index contributed by atoms with van der Waals surface area (Å²) < 4.78 is 22.7. The molecule has 0 unspecified atom stereocenters. The van der Waals surface area contributed by atoms with E-state index < -0.39 is 90.2 Å². The summed E-state index contributed by atoms with van der Waals surface area (Å²) in [5, 5.41) is 17.1. The number of benzene rings is 2. The Labute approximate surface area is 313 Å². The summed E-state index contributed by atoms with van der Waals surface area (Å²) in [6.45, 7) is 3.37. The van der Waals surface area contributed by atoms with E-state index in [0.29, 0.717) is 29.7 Å². The van der Waals surface area contributed by atoms with Crippen molar-refractivity contribution in [2.75, 3.05) is 19.4 Å². The van der Waals surface area contributed by atoms with Crippen LogP contribution in [0.4, 0.5) is 10.1 Å². The molecule has 270 valence electrons. The fourth-order valence-corrected chi connectivity index (χ4v) is 18.1. The van der Waals surface area contributed by atoms with Gasteiger partial charge in [0, 0.05) is 19.8 Å². The standard InChI is InChI=1S/C35H32FN5O7S4/c1-30-26(44)40-21-13-16-7-5-6-8-18(16)32(21,23(43)34(40,51-49-30)28(46)38(30)3)33-19-14-17(36)11-12-20(19)37-25(33)41-27(45)31(2)39(4)29(47)35(41,52-50-31)24(33)48-22(42)15-9-10-15/h5-8,11-12,14-15,21,23-25,37,43H,9-10,13H2,1-4H3/t21-,23-,24-,25+,30-,31-,32-,33+,34-,35-/m0/s1. The van der Waals surface area contributed by atoms with Gasteiger partial charge in [0.05, 0.1) is 22.8 Å². The van der Waals surface area contributed by atoms with Crippen LogP contribution in [-0.4, -0.2) is 112 Å². The molecule has 52 heavy (non-hydrogen) atoms. The van der Waals surface area contributed by atoms with Crippen molar-refractivity contribution in [3.05, 3.63) is 65.0 Å². The minimum Gasteiger partial charge on any atom is -0.457 e. The molecule has 4 amide bonds. The van der Waals surface area contributed by atoms with Gasteiger partial charge in [-0.05, 0) is 89.6 Å². The van der Waals surface area contributed by atoms with Crippen LogP contribution in [0, 0.1) is 11.7 Å². The number of nitrogens with zero attached hydrogens (tertiary/aromatic N) is 4. The van der Waals surface area contributed by atoms with E-state index in [9.17, 15) is 19.5 Å². The Morgan fingerprint density at radius 2 is 1.48 bits per heavy atom. The number of piperazine rings is 2. The number of hydrogen-bond donors (Lipinski definition) is 2. The number of carbonyl (C=O) groups is 5. The van der Waals surface area contributed by atoms with Crippen molar-refractivity contribution in [3.8, 4) is 0 Å². The van der Waals surface area contributed by atoms with Gasteiger partial charge >= 0.3 is 5.97 Å². The lowest BCUT2D eigenvalue weighted by Gasteiger charge is -2.58. The van der Waals surface area contributed by atoms with Gasteiger partial charge in [0.25, 0.3) is 23.6 Å². The molecule has 2 aromatic rings. The molecule has 12 nitrogen and oxygen atoms in total. The van der Waals surface area contributed by atoms with Crippen LogP contribution in [0.1, 0.15) is 43.4 Å². The zero-order valence-electron chi connectivity index (χ0n) is 28.2. The number of nitrogens with one attached hydrogen (secondary N) is 1. The largest absolute Gasteiger partial charge is 0.457 e. The van der Waals surface area contributed by atoms with E-state index in [0.717, 1.165) is 27.2 Å². The molecule has 9 heterocycles. The van der Waals surface area contributed by atoms with E-state index in [2.05, 4.69) is 5.32 Å². The van der Waals surface area contributed by atoms with Gasteiger partial charge in [0.1, 0.15) is 18.1 Å². The number of amides is 4. The normalized spacial score (nSPS) is 44.4. The summed E-state index contributed by atoms with van der Waals surface area (Å²) in [5.41, 5.74) is -1.40. The molecule has 2 N–H and O–H groups in total. The van der Waals surface area contributed by atoms with Gasteiger partial charge in [-0.3, -0.25) is 28.9 Å². The van der Waals surface area contributed by atoms with Gasteiger partial charge < -0.3 is 29.9 Å². The predicted octanol–water partition coefficient (Wildman–Crippen LogP) is 2.60. The van der Waals surface area contributed by atoms with Gasteiger partial charge in [-0.1, -0.05) is 45.9 Å². The smallest absolute Gasteiger partial charge is 0.309 e. The van der Waals surface area contributed by atoms with Crippen LogP contribution >= 0.6 is 43.2 Å². The average Bonchev–Trinajstić information content (AvgIpc) is 3.74. The maximum absolute atomic E-state index is 15.9. The van der Waals surface area contributed by atoms with E-state index in [1.165, 1.54) is 48.4 Å². The molecule has 2 spiro atoms. The minimum absolute atomic E-state index is 0.218. The molecule has 0 radical (unpaired) electrons. The zero-order chi connectivity index (χ0) is 36.3. The van der Waals surface area contributed by atoms with Gasteiger partial charge in [-0.2, -0.15) is 0 Å². The number of carbonyl (C=O) groups excluding carboxylic acids is 5. The number of likely N-dealkylation sites (N-methyl/N-ethyl adjacent to an activating group) is 2. The number of anilines is 1. The van der Waals surface area contributed by atoms with Crippen LogP contribution in [-0.2, 0) is 46.0 Å². The van der Waals surface area contributed by atoms with Crippen LogP contribution in [0.2, 0.25) is 0 Å². The lowest BCUT2D eigenvalue weighted by atomic mass is 9.51. The summed E-state index contributed by atoms with van der Waals surface area (Å²) in [6, 6.07) is 10.7. The molecular formula is C35H32FN5O7S4. The van der Waals surface area contributed by atoms with Gasteiger partial charge in [-0.15, -0.1) is 0 Å². The van der Waals surface area contributed by atoms with E-state index in [-0.39, 0.29) is 12.3 Å². The Morgan fingerprint density at radius 1 is 0.846 bits per heavy atom. The lowest BCUT2D eigenvalue weighted by Crippen LogP contribution is -2.77. The van der Waals surface area contributed by atoms with Crippen molar-refractivity contribution in [2.24, 2.45) is 5.92 Å². The minimum atomic E-state index is -1.85. The molecule has 4 bridgehead atoms. The fraction of sp³-hybridized carbons (Fsp3) is 0.514. The first-order chi connectivity index (χ1) is 24.7. The maximum atomic E-state index is 15.9. The molecular weight excluding hydrogens is 750 g/mol. The van der Waals surface area contributed by atoms with Crippen LogP contribution in [0.15, 0.2) is 42.5 Å². The average molecular weight is 782 g/mol. The van der Waals surface area contributed by atoms with Gasteiger partial charge in [-0.25, -0.2) is 4.39 Å². The summed E-state index contributed by atoms with van der Waals surface area (Å²) >= 11 is 0. The first-order valence-corrected chi connectivity index (χ1v) is 21.5. The van der Waals surface area contributed by atoms with Gasteiger partial charge in [0.2, 0.25) is 9.74 Å². The van der Waals surface area contributed by atoms with Gasteiger partial charge in [0.15, 0.2) is 15.8 Å². The number of hydrogen-bond acceptors (Lipinski definition) is 12. The van der Waals surface area contributed by atoms with Crippen molar-refractivity contribution in [1.29, 1.82) is 0 Å². The zero-order valence-corrected chi connectivity index (χ0v) is 31.5.